The van der Waals surface area contributed by atoms with Crippen LogP contribution < -0.4 is 19.5 Å². The van der Waals surface area contributed by atoms with E-state index in [-0.39, 0.29) is 54.6 Å². The third-order valence-electron chi connectivity index (χ3n) is 6.58. The Labute approximate surface area is 253 Å². The van der Waals surface area contributed by atoms with Crippen molar-refractivity contribution in [2.24, 2.45) is 0 Å². The summed E-state index contributed by atoms with van der Waals surface area (Å²) in [6, 6.07) is 16.7. The van der Waals surface area contributed by atoms with Gasteiger partial charge in [0, 0.05) is 44.5 Å². The van der Waals surface area contributed by atoms with Gasteiger partial charge in [0.2, 0.25) is 0 Å². The molecule has 1 unspecified atom stereocenters. The van der Waals surface area contributed by atoms with Crippen LogP contribution in [0.3, 0.4) is 0 Å². The molecule has 232 valence electrons. The summed E-state index contributed by atoms with van der Waals surface area (Å²) in [5.74, 6) is -0.268. The number of nitrogens with zero attached hydrogens (tertiary/aromatic N) is 1. The van der Waals surface area contributed by atoms with Crippen LogP contribution in [0.25, 0.3) is 0 Å². The Balaban J connectivity index is 1.26. The maximum atomic E-state index is 13.2. The molecule has 1 aliphatic heterocycles. The summed E-state index contributed by atoms with van der Waals surface area (Å²) in [6.45, 7) is 0.514. The number of ketones is 1. The van der Waals surface area contributed by atoms with Crippen LogP contribution in [0.1, 0.15) is 43.1 Å². The number of methoxy groups -OCH3 is 3. The minimum Gasteiger partial charge on any atom is -0.497 e. The maximum absolute atomic E-state index is 13.2. The summed E-state index contributed by atoms with van der Waals surface area (Å²) < 4.78 is 25.8. The van der Waals surface area contributed by atoms with Gasteiger partial charge < -0.3 is 33.9 Å². The van der Waals surface area contributed by atoms with Gasteiger partial charge in [-0.1, -0.05) is 12.1 Å². The number of hydrogen-bond acceptors (Lipinski definition) is 11. The van der Waals surface area contributed by atoms with Crippen LogP contribution in [0, 0.1) is 0 Å². The average Bonchev–Trinajstić information content (AvgIpc) is 3.53. The Morgan fingerprint density at radius 2 is 1.41 bits per heavy atom. The number of rotatable bonds is 12. The van der Waals surface area contributed by atoms with Gasteiger partial charge in [0.1, 0.15) is 17.2 Å². The molecule has 1 saturated heterocycles. The van der Waals surface area contributed by atoms with Gasteiger partial charge >= 0.3 is 12.1 Å². The number of hydrogen-bond donors (Lipinski definition) is 1. The van der Waals surface area contributed by atoms with Gasteiger partial charge in [-0.05, 0) is 61.0 Å². The highest BCUT2D eigenvalue weighted by molar-refractivity contribution is 6.11. The van der Waals surface area contributed by atoms with Crippen molar-refractivity contribution in [1.82, 2.24) is 10.2 Å². The molecular weight excluding hydrogens is 576 g/mol. The van der Waals surface area contributed by atoms with Crippen molar-refractivity contribution in [3.8, 4) is 17.2 Å². The van der Waals surface area contributed by atoms with Gasteiger partial charge in [0.05, 0.1) is 18.2 Å². The van der Waals surface area contributed by atoms with E-state index in [1.807, 2.05) is 0 Å². The molecule has 2 amide bonds. The SMILES string of the molecule is COCOc1ccc(C(=O)NC2CCN(C(=O)OOC(=O)c3ccc(C(=O)c4cc(OC)ccc4OCOC)cc3)C2)cc1. The quantitative estimate of drug-likeness (QED) is 0.139. The van der Waals surface area contributed by atoms with E-state index in [0.29, 0.717) is 35.8 Å². The maximum Gasteiger partial charge on any atom is 0.453 e. The summed E-state index contributed by atoms with van der Waals surface area (Å²) in [6.07, 6.45) is -0.381. The largest absolute Gasteiger partial charge is 0.497 e. The van der Waals surface area contributed by atoms with E-state index in [9.17, 15) is 19.2 Å². The first-order valence-corrected chi connectivity index (χ1v) is 13.5. The molecule has 13 heteroatoms. The Morgan fingerprint density at radius 1 is 0.773 bits per heavy atom. The molecule has 0 aromatic heterocycles. The summed E-state index contributed by atoms with van der Waals surface area (Å²) >= 11 is 0. The number of ether oxygens (including phenoxy) is 5. The van der Waals surface area contributed by atoms with Gasteiger partial charge in [-0.15, -0.1) is 0 Å². The monoisotopic (exact) mass is 608 g/mol. The van der Waals surface area contributed by atoms with E-state index in [0.717, 1.165) is 0 Å². The number of nitrogens with one attached hydrogen (secondary N) is 1. The molecule has 1 atom stereocenters. The normalized spacial score (nSPS) is 14.0. The standard InChI is InChI=1S/C31H32N2O11/c1-38-18-41-24-10-8-21(9-11-24)29(35)32-23-14-15-33(17-23)31(37)44-43-30(36)22-6-4-20(5-7-22)28(34)26-16-25(40-3)12-13-27(26)42-19-39-2/h4-13,16,23H,14-15,17-19H2,1-3H3,(H,32,35). The lowest BCUT2D eigenvalue weighted by Crippen LogP contribution is -2.38. The van der Waals surface area contributed by atoms with Crippen molar-refractivity contribution in [2.75, 3.05) is 48.0 Å². The first kappa shape index (κ1) is 31.8. The highest BCUT2D eigenvalue weighted by Gasteiger charge is 2.30. The third kappa shape index (κ3) is 8.24. The molecule has 1 aliphatic rings. The molecule has 13 nitrogen and oxygen atoms in total. The lowest BCUT2D eigenvalue weighted by Gasteiger charge is -2.16. The first-order chi connectivity index (χ1) is 21.3. The number of likely N-dealkylation sites (tertiary alicyclic amines) is 1. The van der Waals surface area contributed by atoms with Crippen LogP contribution >= 0.6 is 0 Å². The number of amides is 2. The van der Waals surface area contributed by atoms with Gasteiger partial charge in [0.25, 0.3) is 5.91 Å². The van der Waals surface area contributed by atoms with Crippen molar-refractivity contribution in [2.45, 2.75) is 12.5 Å². The van der Waals surface area contributed by atoms with Crippen LogP contribution in [0.2, 0.25) is 0 Å². The summed E-state index contributed by atoms with van der Waals surface area (Å²) in [4.78, 5) is 61.5. The zero-order valence-corrected chi connectivity index (χ0v) is 24.4. The second-order valence-electron chi connectivity index (χ2n) is 9.52. The smallest absolute Gasteiger partial charge is 0.453 e. The minimum atomic E-state index is -0.926. The fraction of sp³-hybridized carbons (Fsp3) is 0.290. The number of benzene rings is 3. The average molecular weight is 609 g/mol. The zero-order chi connectivity index (χ0) is 31.5. The van der Waals surface area contributed by atoms with Crippen molar-refractivity contribution >= 4 is 23.8 Å². The minimum absolute atomic E-state index is 0.0522. The van der Waals surface area contributed by atoms with Crippen molar-refractivity contribution in [1.29, 1.82) is 0 Å². The lowest BCUT2D eigenvalue weighted by molar-refractivity contribution is -0.191. The lowest BCUT2D eigenvalue weighted by atomic mass is 10.0. The Bertz CT molecular complexity index is 1460. The van der Waals surface area contributed by atoms with Crippen LogP contribution in [0.15, 0.2) is 66.7 Å². The predicted molar refractivity (Wildman–Crippen MR) is 154 cm³/mol. The van der Waals surface area contributed by atoms with Crippen LogP contribution in [-0.4, -0.2) is 82.7 Å². The zero-order valence-electron chi connectivity index (χ0n) is 24.4. The van der Waals surface area contributed by atoms with Crippen LogP contribution in [0.5, 0.6) is 17.2 Å². The molecule has 44 heavy (non-hydrogen) atoms. The van der Waals surface area contributed by atoms with Crippen LogP contribution in [-0.2, 0) is 19.2 Å². The number of carbonyl (C=O) groups excluding carboxylic acids is 4. The molecule has 1 N–H and O–H groups in total. The summed E-state index contributed by atoms with van der Waals surface area (Å²) in [7, 11) is 4.46. The molecule has 0 bridgehead atoms. The van der Waals surface area contributed by atoms with Gasteiger partial charge in [-0.25, -0.2) is 19.4 Å². The second-order valence-corrected chi connectivity index (χ2v) is 9.52. The topological polar surface area (TPSA) is 148 Å². The fourth-order valence-corrected chi connectivity index (χ4v) is 4.29. The van der Waals surface area contributed by atoms with Gasteiger partial charge in [-0.2, -0.15) is 0 Å². The van der Waals surface area contributed by atoms with Crippen LogP contribution in [0.4, 0.5) is 4.79 Å². The highest BCUT2D eigenvalue weighted by atomic mass is 17.2. The van der Waals surface area contributed by atoms with E-state index >= 15 is 0 Å². The highest BCUT2D eigenvalue weighted by Crippen LogP contribution is 2.27. The van der Waals surface area contributed by atoms with E-state index in [4.69, 9.17) is 33.5 Å². The third-order valence-corrected chi connectivity index (χ3v) is 6.58. The van der Waals surface area contributed by atoms with E-state index in [1.54, 1.807) is 42.5 Å². The molecule has 1 fully saturated rings. The molecule has 4 rings (SSSR count). The predicted octanol–water partition coefficient (Wildman–Crippen LogP) is 3.60. The second kappa shape index (κ2) is 15.4. The molecule has 3 aromatic rings. The molecule has 0 saturated carbocycles. The van der Waals surface area contributed by atoms with Crippen molar-refractivity contribution in [3.63, 3.8) is 0 Å². The molecule has 3 aromatic carbocycles. The van der Waals surface area contributed by atoms with E-state index < -0.39 is 12.1 Å². The first-order valence-electron chi connectivity index (χ1n) is 13.5. The van der Waals surface area contributed by atoms with Gasteiger partial charge in [0.15, 0.2) is 19.4 Å². The summed E-state index contributed by atoms with van der Waals surface area (Å²) in [5.41, 5.74) is 1.01. The van der Waals surface area contributed by atoms with E-state index in [1.165, 1.54) is 50.5 Å². The molecule has 1 heterocycles. The Kier molecular flexibility index (Phi) is 11.1. The molecule has 0 radical (unpaired) electrons. The van der Waals surface area contributed by atoms with E-state index in [2.05, 4.69) is 5.32 Å². The summed E-state index contributed by atoms with van der Waals surface area (Å²) in [5, 5.41) is 2.87. The van der Waals surface area contributed by atoms with Crippen molar-refractivity contribution < 1.29 is 52.6 Å². The van der Waals surface area contributed by atoms with Gasteiger partial charge in [-0.3, -0.25) is 9.59 Å². The molecular formula is C31H32N2O11. The molecule has 0 aliphatic carbocycles. The molecule has 0 spiro atoms. The number of carbonyl (C=O) groups is 4. The Hall–Kier alpha value is -5.14. The Morgan fingerprint density at radius 3 is 2.09 bits per heavy atom. The fourth-order valence-electron chi connectivity index (χ4n) is 4.29. The van der Waals surface area contributed by atoms with Crippen molar-refractivity contribution in [3.05, 3.63) is 89.0 Å².